The van der Waals surface area contributed by atoms with Crippen LogP contribution in [0.2, 0.25) is 0 Å². The van der Waals surface area contributed by atoms with E-state index in [1.54, 1.807) is 0 Å². The highest BCUT2D eigenvalue weighted by molar-refractivity contribution is 6.30. The maximum atomic E-state index is 11.9. The van der Waals surface area contributed by atoms with Crippen LogP contribution in [0.3, 0.4) is 0 Å². The van der Waals surface area contributed by atoms with Crippen molar-refractivity contribution in [2.24, 2.45) is 17.6 Å². The molecule has 1 amide bonds. The van der Waals surface area contributed by atoms with Crippen LogP contribution in [0.5, 0.6) is 0 Å². The second-order valence-corrected chi connectivity index (χ2v) is 7.46. The predicted octanol–water partition coefficient (Wildman–Crippen LogP) is -0.499. The minimum atomic E-state index is -1.38. The van der Waals surface area contributed by atoms with Gasteiger partial charge in [-0.3, -0.25) is 4.79 Å². The predicted molar refractivity (Wildman–Crippen MR) is 83.8 cm³/mol. The van der Waals surface area contributed by atoms with E-state index in [4.69, 9.17) is 34.0 Å². The molecular weight excluding hydrogens is 331 g/mol. The Hall–Kier alpha value is -0.110. The Kier molecular flexibility index (Phi) is 6.33. The van der Waals surface area contributed by atoms with E-state index >= 15 is 0 Å². The largest absolute Gasteiger partial charge is 0.393 e. The zero-order valence-electron chi connectivity index (χ0n) is 12.3. The number of aliphatic hydroxyl groups is 3. The summed E-state index contributed by atoms with van der Waals surface area (Å²) in [4.78, 5) is 13.4. The maximum absolute atomic E-state index is 11.9. The van der Waals surface area contributed by atoms with Gasteiger partial charge < -0.3 is 26.0 Å². The highest BCUT2D eigenvalue weighted by Crippen LogP contribution is 2.36. The van der Waals surface area contributed by atoms with Crippen LogP contribution in [-0.2, 0) is 4.79 Å². The third-order valence-corrected chi connectivity index (χ3v) is 5.98. The summed E-state index contributed by atoms with van der Waals surface area (Å²) in [7, 11) is 0. The van der Waals surface area contributed by atoms with Gasteiger partial charge in [0, 0.05) is 25.0 Å². The van der Waals surface area contributed by atoms with E-state index in [2.05, 4.69) is 0 Å². The third-order valence-electron chi connectivity index (χ3n) is 4.88. The smallest absolute Gasteiger partial charge is 0.253 e. The summed E-state index contributed by atoms with van der Waals surface area (Å²) >= 11 is 12.3. The molecule has 1 aliphatic heterocycles. The first-order valence-corrected chi connectivity index (χ1v) is 8.52. The Labute approximate surface area is 140 Å². The van der Waals surface area contributed by atoms with Gasteiger partial charge in [0.1, 0.15) is 0 Å². The molecule has 128 valence electrons. The van der Waals surface area contributed by atoms with Crippen molar-refractivity contribution in [1.29, 1.82) is 0 Å². The minimum Gasteiger partial charge on any atom is -0.393 e. The lowest BCUT2D eigenvalue weighted by Crippen LogP contribution is -2.50. The molecule has 0 radical (unpaired) electrons. The van der Waals surface area contributed by atoms with E-state index < -0.39 is 24.7 Å². The normalized spacial score (nSPS) is 38.8. The van der Waals surface area contributed by atoms with Crippen molar-refractivity contribution in [3.8, 4) is 0 Å². The number of nitrogens with two attached hydrogens (primary N) is 1. The molecule has 1 heterocycles. The molecule has 2 fully saturated rings. The number of alkyl halides is 2. The van der Waals surface area contributed by atoms with Gasteiger partial charge in [0.15, 0.2) is 6.10 Å². The van der Waals surface area contributed by atoms with Crippen molar-refractivity contribution >= 4 is 29.1 Å². The van der Waals surface area contributed by atoms with Gasteiger partial charge in [-0.1, -0.05) is 0 Å². The van der Waals surface area contributed by atoms with Gasteiger partial charge >= 0.3 is 0 Å². The van der Waals surface area contributed by atoms with Crippen LogP contribution in [-0.4, -0.2) is 74.8 Å². The van der Waals surface area contributed by atoms with Crippen LogP contribution in [0.15, 0.2) is 0 Å². The molecule has 0 spiro atoms. The molecule has 1 aliphatic carbocycles. The summed E-state index contributed by atoms with van der Waals surface area (Å²) in [6.07, 6.45) is -0.264. The molecule has 2 rings (SSSR count). The summed E-state index contributed by atoms with van der Waals surface area (Å²) < 4.78 is 0. The molecule has 0 aromatic heterocycles. The third kappa shape index (κ3) is 3.86. The fourth-order valence-electron chi connectivity index (χ4n) is 3.47. The standard InChI is InChI=1S/C14H24Cl2N2O4/c15-9-3-8(11(20)4-10(9)16)13(17)7-1-2-18(5-7)14(22)12(21)6-19/h7-13,19-21H,1-6,17H2/t7-,8?,9?,10?,11?,12-,13+/m1/s1. The molecule has 0 aromatic rings. The van der Waals surface area contributed by atoms with Crippen LogP contribution in [0, 0.1) is 11.8 Å². The Balaban J connectivity index is 1.94. The number of amides is 1. The molecular formula is C14H24Cl2N2O4. The quantitative estimate of drug-likeness (QED) is 0.509. The Bertz CT molecular complexity index is 401. The molecule has 0 aromatic carbocycles. The number of hydrogen-bond donors (Lipinski definition) is 4. The average Bonchev–Trinajstić information content (AvgIpc) is 2.98. The van der Waals surface area contributed by atoms with E-state index in [-0.39, 0.29) is 28.6 Å². The summed E-state index contributed by atoms with van der Waals surface area (Å²) in [5, 5.41) is 28.0. The van der Waals surface area contributed by atoms with E-state index in [0.29, 0.717) is 32.4 Å². The van der Waals surface area contributed by atoms with Gasteiger partial charge in [-0.05, 0) is 25.2 Å². The Morgan fingerprint density at radius 2 is 1.95 bits per heavy atom. The van der Waals surface area contributed by atoms with Crippen LogP contribution in [0.4, 0.5) is 0 Å². The molecule has 5 N–H and O–H groups in total. The number of hydrogen-bond acceptors (Lipinski definition) is 5. The fraction of sp³-hybridized carbons (Fsp3) is 0.929. The van der Waals surface area contributed by atoms with Crippen molar-refractivity contribution < 1.29 is 20.1 Å². The Morgan fingerprint density at radius 3 is 2.59 bits per heavy atom. The van der Waals surface area contributed by atoms with E-state index in [0.717, 1.165) is 0 Å². The van der Waals surface area contributed by atoms with E-state index in [1.165, 1.54) is 4.90 Å². The topological polar surface area (TPSA) is 107 Å². The number of rotatable bonds is 4. The highest BCUT2D eigenvalue weighted by Gasteiger charge is 2.42. The second kappa shape index (κ2) is 7.64. The average molecular weight is 355 g/mol. The van der Waals surface area contributed by atoms with Gasteiger partial charge in [-0.25, -0.2) is 0 Å². The van der Waals surface area contributed by atoms with Crippen LogP contribution >= 0.6 is 23.2 Å². The van der Waals surface area contributed by atoms with Crippen LogP contribution in [0.1, 0.15) is 19.3 Å². The lowest BCUT2D eigenvalue weighted by Gasteiger charge is -2.39. The van der Waals surface area contributed by atoms with Crippen LogP contribution in [0.25, 0.3) is 0 Å². The molecule has 4 unspecified atom stereocenters. The molecule has 7 atom stereocenters. The van der Waals surface area contributed by atoms with Crippen LogP contribution < -0.4 is 5.73 Å². The zero-order valence-corrected chi connectivity index (χ0v) is 13.8. The molecule has 8 heteroatoms. The first-order valence-electron chi connectivity index (χ1n) is 7.64. The highest BCUT2D eigenvalue weighted by atomic mass is 35.5. The van der Waals surface area contributed by atoms with Crippen molar-refractivity contribution in [2.75, 3.05) is 19.7 Å². The fourth-order valence-corrected chi connectivity index (χ4v) is 4.07. The monoisotopic (exact) mass is 354 g/mol. The SMILES string of the molecule is N[C@H](C1CC(Cl)C(Cl)CC1O)[C@@H]1CCN(C(=O)[C@H](O)CO)C1. The summed E-state index contributed by atoms with van der Waals surface area (Å²) in [5.41, 5.74) is 6.31. The number of nitrogens with zero attached hydrogens (tertiary/aromatic N) is 1. The number of aliphatic hydroxyl groups excluding tert-OH is 3. The van der Waals surface area contributed by atoms with Gasteiger partial charge in [-0.2, -0.15) is 0 Å². The van der Waals surface area contributed by atoms with E-state index in [9.17, 15) is 15.0 Å². The molecule has 6 nitrogen and oxygen atoms in total. The summed E-state index contributed by atoms with van der Waals surface area (Å²) in [6.45, 7) is 0.343. The molecule has 22 heavy (non-hydrogen) atoms. The van der Waals surface area contributed by atoms with Gasteiger partial charge in [0.2, 0.25) is 0 Å². The molecule has 1 saturated heterocycles. The maximum Gasteiger partial charge on any atom is 0.253 e. The first kappa shape index (κ1) is 18.2. The Morgan fingerprint density at radius 1 is 1.32 bits per heavy atom. The summed E-state index contributed by atoms with van der Waals surface area (Å²) in [6, 6.07) is -0.274. The summed E-state index contributed by atoms with van der Waals surface area (Å²) in [5.74, 6) is -0.567. The number of carbonyl (C=O) groups is 1. The zero-order chi connectivity index (χ0) is 16.4. The van der Waals surface area contributed by atoms with Gasteiger partial charge in [-0.15, -0.1) is 23.2 Å². The number of halogens is 2. The van der Waals surface area contributed by atoms with Gasteiger partial charge in [0.05, 0.1) is 23.5 Å². The van der Waals surface area contributed by atoms with Crippen molar-refractivity contribution in [3.63, 3.8) is 0 Å². The minimum absolute atomic E-state index is 0.0465. The van der Waals surface area contributed by atoms with Gasteiger partial charge in [0.25, 0.3) is 5.91 Å². The second-order valence-electron chi connectivity index (χ2n) is 6.34. The number of carbonyl (C=O) groups excluding carboxylic acids is 1. The molecule has 1 saturated carbocycles. The van der Waals surface area contributed by atoms with Crippen molar-refractivity contribution in [2.45, 2.75) is 48.3 Å². The molecule has 0 bridgehead atoms. The van der Waals surface area contributed by atoms with Crippen molar-refractivity contribution in [1.82, 2.24) is 4.90 Å². The lowest BCUT2D eigenvalue weighted by molar-refractivity contribution is -0.141. The van der Waals surface area contributed by atoms with Crippen molar-refractivity contribution in [3.05, 3.63) is 0 Å². The molecule has 2 aliphatic rings. The number of likely N-dealkylation sites (tertiary alicyclic amines) is 1. The van der Waals surface area contributed by atoms with E-state index in [1.807, 2.05) is 0 Å². The first-order chi connectivity index (χ1) is 10.3. The lowest BCUT2D eigenvalue weighted by atomic mass is 9.76.